The number of hydrogen-bond donors (Lipinski definition) is 2. The van der Waals surface area contributed by atoms with Crippen LogP contribution in [0.3, 0.4) is 0 Å². The second kappa shape index (κ2) is 8.04. The fraction of sp³-hybridized carbons (Fsp3) is 0.167. The Bertz CT molecular complexity index is 132. The number of carboxylic acids is 1. The lowest BCUT2D eigenvalue weighted by atomic mass is 10.6. The molecular weight excluding hydrogens is 156 g/mol. The molecule has 0 atom stereocenters. The summed E-state index contributed by atoms with van der Waals surface area (Å²) >= 11 is 4.92. The number of aliphatic carboxylic acids is 1. The molecule has 0 heterocycles. The van der Waals surface area contributed by atoms with E-state index in [0.717, 1.165) is 6.92 Å². The third kappa shape index (κ3) is 61.7. The first-order valence-electron chi connectivity index (χ1n) is 2.37. The summed E-state index contributed by atoms with van der Waals surface area (Å²) in [5, 5.41) is 15.3. The van der Waals surface area contributed by atoms with E-state index in [9.17, 15) is 0 Å². The Labute approximate surface area is 64.2 Å². The van der Waals surface area contributed by atoms with Crippen LogP contribution in [0.5, 0.6) is 0 Å². The second-order valence-corrected chi connectivity index (χ2v) is 1.63. The topological polar surface area (TPSA) is 57.5 Å². The molecule has 0 rings (SSSR count). The molecule has 2 N–H and O–H groups in total. The van der Waals surface area contributed by atoms with E-state index in [1.165, 1.54) is 12.2 Å². The van der Waals surface area contributed by atoms with Crippen molar-refractivity contribution >= 4 is 17.6 Å². The highest BCUT2D eigenvalue weighted by Crippen LogP contribution is 1.91. The van der Waals surface area contributed by atoms with Crippen LogP contribution < -0.4 is 0 Å². The summed E-state index contributed by atoms with van der Waals surface area (Å²) in [5.41, 5.74) is 0. The predicted molar refractivity (Wildman–Crippen MR) is 40.1 cm³/mol. The molecule has 0 amide bonds. The molecule has 0 fully saturated rings. The Morgan fingerprint density at radius 1 is 1.60 bits per heavy atom. The Balaban J connectivity index is 0. The quantitative estimate of drug-likeness (QED) is 0.460. The van der Waals surface area contributed by atoms with Crippen molar-refractivity contribution in [2.45, 2.75) is 6.92 Å². The lowest BCUT2D eigenvalue weighted by Crippen LogP contribution is -1.78. The lowest BCUT2D eigenvalue weighted by molar-refractivity contribution is -0.134. The zero-order valence-electron chi connectivity index (χ0n) is 5.54. The van der Waals surface area contributed by atoms with Crippen molar-refractivity contribution in [3.8, 4) is 0 Å². The van der Waals surface area contributed by atoms with Gasteiger partial charge < -0.3 is 10.2 Å². The zero-order valence-corrected chi connectivity index (χ0v) is 6.30. The summed E-state index contributed by atoms with van der Waals surface area (Å²) in [6.07, 6.45) is 2.70. The van der Waals surface area contributed by atoms with Gasteiger partial charge in [-0.2, -0.15) is 0 Å². The highest BCUT2D eigenvalue weighted by Gasteiger charge is 1.70. The average Bonchev–Trinajstić information content (AvgIpc) is 1.62. The SMILES string of the molecule is C=C/C=C(\O)Cl.CC(=O)O. The number of halogens is 1. The van der Waals surface area contributed by atoms with Crippen molar-refractivity contribution in [3.63, 3.8) is 0 Å². The average molecular weight is 165 g/mol. The van der Waals surface area contributed by atoms with Crippen LogP contribution in [0.2, 0.25) is 0 Å². The van der Waals surface area contributed by atoms with Crippen molar-refractivity contribution in [3.05, 3.63) is 23.9 Å². The van der Waals surface area contributed by atoms with Crippen LogP contribution in [0, 0.1) is 0 Å². The molecule has 0 aromatic carbocycles. The first-order valence-corrected chi connectivity index (χ1v) is 2.75. The molecule has 0 aliphatic carbocycles. The van der Waals surface area contributed by atoms with Gasteiger partial charge in [0.25, 0.3) is 5.97 Å². The highest BCUT2D eigenvalue weighted by molar-refractivity contribution is 6.28. The van der Waals surface area contributed by atoms with E-state index in [2.05, 4.69) is 6.58 Å². The van der Waals surface area contributed by atoms with E-state index in [0.29, 0.717) is 0 Å². The van der Waals surface area contributed by atoms with Crippen LogP contribution >= 0.6 is 11.6 Å². The van der Waals surface area contributed by atoms with Crippen molar-refractivity contribution in [2.24, 2.45) is 0 Å². The minimum atomic E-state index is -0.833. The highest BCUT2D eigenvalue weighted by atomic mass is 35.5. The maximum absolute atomic E-state index is 9.00. The van der Waals surface area contributed by atoms with Gasteiger partial charge in [0.05, 0.1) is 0 Å². The monoisotopic (exact) mass is 164 g/mol. The number of rotatable bonds is 1. The van der Waals surface area contributed by atoms with Gasteiger partial charge in [-0.05, 0) is 17.7 Å². The van der Waals surface area contributed by atoms with E-state index in [-0.39, 0.29) is 5.22 Å². The van der Waals surface area contributed by atoms with Crippen LogP contribution in [0.4, 0.5) is 0 Å². The standard InChI is InChI=1S/C4H5ClO.C2H4O2/c1-2-3-4(5)6;1-2(3)4/h2-3,6H,1H2;1H3,(H,3,4)/b4-3-;. The molecule has 0 unspecified atom stereocenters. The van der Waals surface area contributed by atoms with Crippen LogP contribution in [0.15, 0.2) is 23.9 Å². The molecule has 0 bridgehead atoms. The summed E-state index contributed by atoms with van der Waals surface area (Å²) in [6, 6.07) is 0. The number of allylic oxidation sites excluding steroid dienone is 2. The number of aliphatic hydroxyl groups is 1. The van der Waals surface area contributed by atoms with Gasteiger partial charge in [-0.25, -0.2) is 0 Å². The largest absolute Gasteiger partial charge is 0.499 e. The fourth-order valence-corrected chi connectivity index (χ4v) is 0.186. The molecule has 0 aliphatic rings. The molecule has 0 radical (unpaired) electrons. The van der Waals surface area contributed by atoms with Crippen LogP contribution in [0.25, 0.3) is 0 Å². The molecule has 0 aromatic heterocycles. The van der Waals surface area contributed by atoms with Crippen LogP contribution in [0.1, 0.15) is 6.92 Å². The lowest BCUT2D eigenvalue weighted by Gasteiger charge is -1.73. The van der Waals surface area contributed by atoms with Crippen molar-refractivity contribution in [2.75, 3.05) is 0 Å². The summed E-state index contributed by atoms with van der Waals surface area (Å²) in [4.78, 5) is 9.00. The Kier molecular flexibility index (Phi) is 9.48. The smallest absolute Gasteiger partial charge is 0.300 e. The summed E-state index contributed by atoms with van der Waals surface area (Å²) in [6.45, 7) is 4.36. The minimum absolute atomic E-state index is 0.231. The third-order valence-corrected chi connectivity index (χ3v) is 0.381. The van der Waals surface area contributed by atoms with E-state index < -0.39 is 5.97 Å². The molecule has 0 aromatic rings. The van der Waals surface area contributed by atoms with E-state index in [1.54, 1.807) is 0 Å². The normalized spacial score (nSPS) is 9.20. The van der Waals surface area contributed by atoms with E-state index >= 15 is 0 Å². The van der Waals surface area contributed by atoms with Gasteiger partial charge in [0.1, 0.15) is 0 Å². The third-order valence-electron chi connectivity index (χ3n) is 0.255. The molecule has 10 heavy (non-hydrogen) atoms. The maximum Gasteiger partial charge on any atom is 0.300 e. The van der Waals surface area contributed by atoms with Gasteiger partial charge in [-0.1, -0.05) is 12.7 Å². The van der Waals surface area contributed by atoms with Crippen LogP contribution in [-0.4, -0.2) is 16.2 Å². The molecule has 0 saturated carbocycles. The van der Waals surface area contributed by atoms with Crippen molar-refractivity contribution < 1.29 is 15.0 Å². The predicted octanol–water partition coefficient (Wildman–Crippen LogP) is 1.90. The molecule has 0 spiro atoms. The Morgan fingerprint density at radius 3 is 1.90 bits per heavy atom. The first kappa shape index (κ1) is 11.8. The van der Waals surface area contributed by atoms with Gasteiger partial charge in [-0.3, -0.25) is 4.79 Å². The number of carboxylic acid groups (broad SMARTS) is 1. The van der Waals surface area contributed by atoms with E-state index in [4.69, 9.17) is 26.6 Å². The van der Waals surface area contributed by atoms with Crippen molar-refractivity contribution in [1.29, 1.82) is 0 Å². The molecule has 58 valence electrons. The molecule has 0 aliphatic heterocycles. The maximum atomic E-state index is 9.00. The van der Waals surface area contributed by atoms with Crippen LogP contribution in [-0.2, 0) is 4.79 Å². The molecule has 4 heteroatoms. The Morgan fingerprint density at radius 2 is 1.90 bits per heavy atom. The second-order valence-electron chi connectivity index (χ2n) is 1.24. The van der Waals surface area contributed by atoms with Crippen molar-refractivity contribution in [1.82, 2.24) is 0 Å². The zero-order chi connectivity index (χ0) is 8.57. The summed E-state index contributed by atoms with van der Waals surface area (Å²) in [7, 11) is 0. The molecular formula is C6H9ClO3. The Hall–Kier alpha value is -0.960. The summed E-state index contributed by atoms with van der Waals surface area (Å²) < 4.78 is 0. The minimum Gasteiger partial charge on any atom is -0.499 e. The van der Waals surface area contributed by atoms with Gasteiger partial charge >= 0.3 is 0 Å². The molecule has 0 saturated heterocycles. The molecule has 3 nitrogen and oxygen atoms in total. The summed E-state index contributed by atoms with van der Waals surface area (Å²) in [5.74, 6) is -0.833. The van der Waals surface area contributed by atoms with Gasteiger partial charge in [0.2, 0.25) is 0 Å². The number of hydrogen-bond acceptors (Lipinski definition) is 2. The first-order chi connectivity index (χ1) is 4.50. The number of carbonyl (C=O) groups is 1. The van der Waals surface area contributed by atoms with Gasteiger partial charge in [0.15, 0.2) is 5.22 Å². The number of aliphatic hydroxyl groups excluding tert-OH is 1. The van der Waals surface area contributed by atoms with E-state index in [1.807, 2.05) is 0 Å². The van der Waals surface area contributed by atoms with Gasteiger partial charge in [0, 0.05) is 6.92 Å². The van der Waals surface area contributed by atoms with Gasteiger partial charge in [-0.15, -0.1) is 0 Å². The fourth-order valence-electron chi connectivity index (χ4n) is 0.0972.